The fourth-order valence-electron chi connectivity index (χ4n) is 1.72. The maximum absolute atomic E-state index is 13.0. The monoisotopic (exact) mass is 224 g/mol. The van der Waals surface area contributed by atoms with Gasteiger partial charge in [0.1, 0.15) is 11.6 Å². The number of ketones is 1. The van der Waals surface area contributed by atoms with Crippen molar-refractivity contribution in [3.8, 4) is 0 Å². The summed E-state index contributed by atoms with van der Waals surface area (Å²) in [7, 11) is 0. The van der Waals surface area contributed by atoms with E-state index in [2.05, 4.69) is 4.98 Å². The van der Waals surface area contributed by atoms with Crippen molar-refractivity contribution in [1.82, 2.24) is 4.98 Å². The van der Waals surface area contributed by atoms with Gasteiger partial charge in [0, 0.05) is 13.1 Å². The van der Waals surface area contributed by atoms with Crippen molar-refractivity contribution in [1.29, 1.82) is 0 Å². The molecule has 5 heteroatoms. The van der Waals surface area contributed by atoms with E-state index in [1.54, 1.807) is 0 Å². The van der Waals surface area contributed by atoms with Crippen LogP contribution in [0.4, 0.5) is 10.2 Å². The van der Waals surface area contributed by atoms with Gasteiger partial charge in [0.25, 0.3) is 0 Å². The van der Waals surface area contributed by atoms with E-state index in [0.29, 0.717) is 37.7 Å². The molecule has 0 spiro atoms. The maximum atomic E-state index is 13.0. The molecule has 1 aromatic heterocycles. The van der Waals surface area contributed by atoms with E-state index in [1.807, 2.05) is 4.90 Å². The molecule has 86 valence electrons. The van der Waals surface area contributed by atoms with E-state index in [1.165, 1.54) is 13.0 Å². The third-order valence-electron chi connectivity index (χ3n) is 2.52. The Morgan fingerprint density at radius 2 is 2.19 bits per heavy atom. The first-order valence-electron chi connectivity index (χ1n) is 5.17. The van der Waals surface area contributed by atoms with Gasteiger partial charge < -0.3 is 9.64 Å². The molecular weight excluding hydrogens is 211 g/mol. The normalized spacial score (nSPS) is 16.2. The molecule has 0 atom stereocenters. The number of morpholine rings is 1. The Hall–Kier alpha value is -1.49. The maximum Gasteiger partial charge on any atom is 0.163 e. The summed E-state index contributed by atoms with van der Waals surface area (Å²) < 4.78 is 18.2. The van der Waals surface area contributed by atoms with Gasteiger partial charge in [-0.15, -0.1) is 0 Å². The highest BCUT2D eigenvalue weighted by Crippen LogP contribution is 2.20. The van der Waals surface area contributed by atoms with Crippen LogP contribution in [0.25, 0.3) is 0 Å². The zero-order valence-electron chi connectivity index (χ0n) is 9.07. The molecule has 2 heterocycles. The van der Waals surface area contributed by atoms with Crippen LogP contribution in [0.15, 0.2) is 12.3 Å². The van der Waals surface area contributed by atoms with Gasteiger partial charge in [-0.25, -0.2) is 9.37 Å². The molecular formula is C11H13FN2O2. The zero-order chi connectivity index (χ0) is 11.5. The minimum atomic E-state index is -0.484. The minimum absolute atomic E-state index is 0.173. The third-order valence-corrected chi connectivity index (χ3v) is 2.52. The topological polar surface area (TPSA) is 42.4 Å². The summed E-state index contributed by atoms with van der Waals surface area (Å²) in [6, 6.07) is 1.24. The lowest BCUT2D eigenvalue weighted by Crippen LogP contribution is -2.37. The van der Waals surface area contributed by atoms with Crippen molar-refractivity contribution in [2.24, 2.45) is 0 Å². The van der Waals surface area contributed by atoms with Gasteiger partial charge in [0.05, 0.1) is 25.0 Å². The summed E-state index contributed by atoms with van der Waals surface area (Å²) >= 11 is 0. The lowest BCUT2D eigenvalue weighted by Gasteiger charge is -2.28. The third kappa shape index (κ3) is 2.19. The summed E-state index contributed by atoms with van der Waals surface area (Å²) in [5.41, 5.74) is 0.335. The summed E-state index contributed by atoms with van der Waals surface area (Å²) in [5, 5.41) is 0. The quantitative estimate of drug-likeness (QED) is 0.709. The highest BCUT2D eigenvalue weighted by atomic mass is 19.1. The summed E-state index contributed by atoms with van der Waals surface area (Å²) in [6.07, 6.45) is 1.14. The van der Waals surface area contributed by atoms with E-state index in [4.69, 9.17) is 4.74 Å². The lowest BCUT2D eigenvalue weighted by molar-refractivity contribution is 0.101. The number of Topliss-reactive ketones (excluding diaryl/α,β-unsaturated/α-hetero) is 1. The van der Waals surface area contributed by atoms with Gasteiger partial charge in [-0.3, -0.25) is 4.79 Å². The van der Waals surface area contributed by atoms with Gasteiger partial charge >= 0.3 is 0 Å². The van der Waals surface area contributed by atoms with Gasteiger partial charge in [0.2, 0.25) is 0 Å². The number of rotatable bonds is 2. The molecule has 0 unspecified atom stereocenters. The first kappa shape index (κ1) is 11.0. The van der Waals surface area contributed by atoms with E-state index < -0.39 is 5.82 Å². The van der Waals surface area contributed by atoms with Crippen molar-refractivity contribution in [2.75, 3.05) is 31.2 Å². The smallest absolute Gasteiger partial charge is 0.163 e. The number of aromatic nitrogens is 1. The zero-order valence-corrected chi connectivity index (χ0v) is 9.07. The van der Waals surface area contributed by atoms with Gasteiger partial charge in [-0.05, 0) is 13.0 Å². The second kappa shape index (κ2) is 4.57. The van der Waals surface area contributed by atoms with E-state index in [0.717, 1.165) is 6.20 Å². The van der Waals surface area contributed by atoms with Crippen LogP contribution >= 0.6 is 0 Å². The average Bonchev–Trinajstić information content (AvgIpc) is 2.30. The SMILES string of the molecule is CC(=O)c1cc(F)cnc1N1CCOCC1. The number of hydrogen-bond acceptors (Lipinski definition) is 4. The minimum Gasteiger partial charge on any atom is -0.378 e. The molecule has 1 aliphatic rings. The Morgan fingerprint density at radius 3 is 2.81 bits per heavy atom. The number of hydrogen-bond donors (Lipinski definition) is 0. The molecule has 2 rings (SSSR count). The molecule has 0 radical (unpaired) electrons. The summed E-state index contributed by atoms with van der Waals surface area (Å²) in [4.78, 5) is 17.3. The van der Waals surface area contributed by atoms with Crippen molar-refractivity contribution < 1.29 is 13.9 Å². The highest BCUT2D eigenvalue weighted by Gasteiger charge is 2.18. The number of halogens is 1. The molecule has 1 fully saturated rings. The van der Waals surface area contributed by atoms with Crippen molar-refractivity contribution in [3.63, 3.8) is 0 Å². The van der Waals surface area contributed by atoms with E-state index >= 15 is 0 Å². The largest absolute Gasteiger partial charge is 0.378 e. The Balaban J connectivity index is 2.34. The predicted molar refractivity (Wildman–Crippen MR) is 57.2 cm³/mol. The Morgan fingerprint density at radius 1 is 1.50 bits per heavy atom. The molecule has 0 saturated carbocycles. The number of pyridine rings is 1. The Kier molecular flexibility index (Phi) is 3.14. The Bertz CT molecular complexity index is 403. The number of carbonyl (C=O) groups excluding carboxylic acids is 1. The lowest BCUT2D eigenvalue weighted by atomic mass is 10.1. The van der Waals surface area contributed by atoms with Crippen LogP contribution in [0, 0.1) is 5.82 Å². The van der Waals surface area contributed by atoms with Crippen molar-refractivity contribution >= 4 is 11.6 Å². The highest BCUT2D eigenvalue weighted by molar-refractivity contribution is 5.98. The molecule has 0 amide bonds. The van der Waals surface area contributed by atoms with Gasteiger partial charge in [0.15, 0.2) is 5.78 Å². The van der Waals surface area contributed by atoms with Crippen LogP contribution in [0.2, 0.25) is 0 Å². The van der Waals surface area contributed by atoms with Gasteiger partial charge in [-0.2, -0.15) is 0 Å². The molecule has 1 aromatic rings. The molecule has 0 aromatic carbocycles. The fourth-order valence-corrected chi connectivity index (χ4v) is 1.72. The van der Waals surface area contributed by atoms with Crippen LogP contribution in [-0.4, -0.2) is 37.1 Å². The standard InChI is InChI=1S/C11H13FN2O2/c1-8(15)10-6-9(12)7-13-11(10)14-2-4-16-5-3-14/h6-7H,2-5H2,1H3. The number of anilines is 1. The molecule has 16 heavy (non-hydrogen) atoms. The second-order valence-corrected chi connectivity index (χ2v) is 3.68. The van der Waals surface area contributed by atoms with Crippen LogP contribution in [0.3, 0.4) is 0 Å². The molecule has 0 N–H and O–H groups in total. The fraction of sp³-hybridized carbons (Fsp3) is 0.455. The van der Waals surface area contributed by atoms with Crippen LogP contribution in [0.5, 0.6) is 0 Å². The van der Waals surface area contributed by atoms with Crippen LogP contribution in [-0.2, 0) is 4.74 Å². The molecule has 0 bridgehead atoms. The first-order chi connectivity index (χ1) is 7.68. The van der Waals surface area contributed by atoms with Crippen molar-refractivity contribution in [3.05, 3.63) is 23.6 Å². The Labute approximate surface area is 93.0 Å². The van der Waals surface area contributed by atoms with Crippen molar-refractivity contribution in [2.45, 2.75) is 6.92 Å². The van der Waals surface area contributed by atoms with Gasteiger partial charge in [-0.1, -0.05) is 0 Å². The average molecular weight is 224 g/mol. The number of ether oxygens (including phenoxy) is 1. The first-order valence-corrected chi connectivity index (χ1v) is 5.17. The summed E-state index contributed by atoms with van der Waals surface area (Å²) in [6.45, 7) is 3.99. The predicted octanol–water partition coefficient (Wildman–Crippen LogP) is 1.26. The molecule has 1 saturated heterocycles. The molecule has 1 aliphatic heterocycles. The summed E-state index contributed by atoms with van der Waals surface area (Å²) in [5.74, 6) is -0.104. The van der Waals surface area contributed by atoms with E-state index in [-0.39, 0.29) is 5.78 Å². The second-order valence-electron chi connectivity index (χ2n) is 3.68. The molecule has 0 aliphatic carbocycles. The van der Waals surface area contributed by atoms with E-state index in [9.17, 15) is 9.18 Å². The number of nitrogens with zero attached hydrogens (tertiary/aromatic N) is 2. The van der Waals surface area contributed by atoms with Crippen LogP contribution in [0.1, 0.15) is 17.3 Å². The molecule has 4 nitrogen and oxygen atoms in total. The number of carbonyl (C=O) groups is 1. The van der Waals surface area contributed by atoms with Crippen LogP contribution < -0.4 is 4.90 Å².